The summed E-state index contributed by atoms with van der Waals surface area (Å²) < 4.78 is 36.6. The van der Waals surface area contributed by atoms with Crippen molar-refractivity contribution < 1.29 is 27.4 Å². The first-order valence-corrected chi connectivity index (χ1v) is 5.70. The minimum absolute atomic E-state index is 0.145. The first-order chi connectivity index (χ1) is 6.41. The van der Waals surface area contributed by atoms with Gasteiger partial charge in [0, 0.05) is 6.61 Å². The Labute approximate surface area is 84.5 Å². The molecule has 6 nitrogen and oxygen atoms in total. The molecule has 14 heavy (non-hydrogen) atoms. The number of aliphatic hydroxyl groups is 1. The van der Waals surface area contributed by atoms with Gasteiger partial charge in [-0.2, -0.15) is 8.42 Å². The van der Waals surface area contributed by atoms with Crippen molar-refractivity contribution in [3.05, 3.63) is 0 Å². The van der Waals surface area contributed by atoms with Crippen molar-refractivity contribution in [2.45, 2.75) is 26.2 Å². The maximum absolute atomic E-state index is 8.74. The van der Waals surface area contributed by atoms with Crippen LogP contribution in [-0.2, 0) is 15.1 Å². The third-order valence-electron chi connectivity index (χ3n) is 1.13. The highest BCUT2D eigenvalue weighted by atomic mass is 32.3. The van der Waals surface area contributed by atoms with E-state index in [-0.39, 0.29) is 6.61 Å². The van der Waals surface area contributed by atoms with Gasteiger partial charge in [0.05, 0.1) is 13.2 Å². The molecule has 0 radical (unpaired) electrons. The number of rotatable bonds is 6. The first kappa shape index (κ1) is 16.2. The molecule has 0 spiro atoms. The van der Waals surface area contributed by atoms with Gasteiger partial charge in [0.15, 0.2) is 0 Å². The van der Waals surface area contributed by atoms with E-state index in [4.69, 9.17) is 27.4 Å². The fourth-order valence-electron chi connectivity index (χ4n) is 0.621. The molecule has 0 aliphatic heterocycles. The Morgan fingerprint density at radius 3 is 2.00 bits per heavy atom. The van der Waals surface area contributed by atoms with Gasteiger partial charge in [-0.05, 0) is 6.42 Å². The molecule has 0 unspecified atom stereocenters. The monoisotopic (exact) mass is 230 g/mol. The molecule has 0 amide bonds. The maximum atomic E-state index is 8.74. The van der Waals surface area contributed by atoms with Gasteiger partial charge in [-0.3, -0.25) is 9.11 Å². The van der Waals surface area contributed by atoms with Gasteiger partial charge in [-0.25, -0.2) is 0 Å². The van der Waals surface area contributed by atoms with E-state index in [1.54, 1.807) is 0 Å². The second-order valence-corrected chi connectivity index (χ2v) is 3.39. The summed E-state index contributed by atoms with van der Waals surface area (Å²) in [5.74, 6) is 0. The highest BCUT2D eigenvalue weighted by molar-refractivity contribution is 7.79. The van der Waals surface area contributed by atoms with Crippen molar-refractivity contribution >= 4 is 10.4 Å². The molecule has 0 aromatic heterocycles. The minimum atomic E-state index is -4.67. The standard InChI is InChI=1S/C7H16O2.H2O4S/c1-2-3-4-6-9-7-5-8;1-5(2,3)4/h8H,2-7H2,1H3;(H2,1,2,3,4). The van der Waals surface area contributed by atoms with Crippen LogP contribution in [0, 0.1) is 0 Å². The summed E-state index contributed by atoms with van der Waals surface area (Å²) in [6.07, 6.45) is 3.57. The van der Waals surface area contributed by atoms with Crippen LogP contribution in [0.25, 0.3) is 0 Å². The van der Waals surface area contributed by atoms with Crippen LogP contribution >= 0.6 is 0 Å². The highest BCUT2D eigenvalue weighted by Gasteiger charge is 1.85. The van der Waals surface area contributed by atoms with Crippen LogP contribution in [0.3, 0.4) is 0 Å². The van der Waals surface area contributed by atoms with E-state index in [0.29, 0.717) is 6.61 Å². The lowest BCUT2D eigenvalue weighted by Crippen LogP contribution is -2.00. The maximum Gasteiger partial charge on any atom is 0.394 e. The topological polar surface area (TPSA) is 104 Å². The fraction of sp³-hybridized carbons (Fsp3) is 1.00. The van der Waals surface area contributed by atoms with Gasteiger partial charge in [0.1, 0.15) is 0 Å². The van der Waals surface area contributed by atoms with Gasteiger partial charge >= 0.3 is 10.4 Å². The normalized spacial score (nSPS) is 10.6. The molecular weight excluding hydrogens is 212 g/mol. The van der Waals surface area contributed by atoms with Crippen LogP contribution in [0.4, 0.5) is 0 Å². The van der Waals surface area contributed by atoms with E-state index in [0.717, 1.165) is 13.0 Å². The van der Waals surface area contributed by atoms with Crippen LogP contribution in [0.1, 0.15) is 26.2 Å². The Morgan fingerprint density at radius 2 is 1.64 bits per heavy atom. The van der Waals surface area contributed by atoms with E-state index in [9.17, 15) is 0 Å². The Balaban J connectivity index is 0. The molecule has 0 atom stereocenters. The molecule has 0 rings (SSSR count). The van der Waals surface area contributed by atoms with Crippen molar-refractivity contribution in [3.63, 3.8) is 0 Å². The van der Waals surface area contributed by atoms with Crippen molar-refractivity contribution in [3.8, 4) is 0 Å². The summed E-state index contributed by atoms with van der Waals surface area (Å²) in [6.45, 7) is 3.59. The number of aliphatic hydroxyl groups excluding tert-OH is 1. The number of unbranched alkanes of at least 4 members (excludes halogenated alkanes) is 2. The molecule has 0 aromatic rings. The van der Waals surface area contributed by atoms with E-state index >= 15 is 0 Å². The molecule has 3 N–H and O–H groups in total. The fourth-order valence-corrected chi connectivity index (χ4v) is 0.621. The zero-order chi connectivity index (χ0) is 11.4. The molecule has 88 valence electrons. The Morgan fingerprint density at radius 1 is 1.14 bits per heavy atom. The summed E-state index contributed by atoms with van der Waals surface area (Å²) in [5.41, 5.74) is 0. The SMILES string of the molecule is CCCCCOCCO.O=S(=O)(O)O. The largest absolute Gasteiger partial charge is 0.394 e. The second-order valence-electron chi connectivity index (χ2n) is 2.49. The summed E-state index contributed by atoms with van der Waals surface area (Å²) in [4.78, 5) is 0. The van der Waals surface area contributed by atoms with E-state index in [1.807, 2.05) is 0 Å². The van der Waals surface area contributed by atoms with Gasteiger partial charge in [0.25, 0.3) is 0 Å². The second kappa shape index (κ2) is 10.9. The summed E-state index contributed by atoms with van der Waals surface area (Å²) >= 11 is 0. The van der Waals surface area contributed by atoms with Gasteiger partial charge in [0.2, 0.25) is 0 Å². The third kappa shape index (κ3) is 40.9. The zero-order valence-electron chi connectivity index (χ0n) is 8.22. The number of hydrogen-bond donors (Lipinski definition) is 3. The molecule has 0 fully saturated rings. The third-order valence-corrected chi connectivity index (χ3v) is 1.13. The minimum Gasteiger partial charge on any atom is -0.394 e. The van der Waals surface area contributed by atoms with Crippen molar-refractivity contribution in [2.75, 3.05) is 19.8 Å². The van der Waals surface area contributed by atoms with Crippen LogP contribution < -0.4 is 0 Å². The summed E-state index contributed by atoms with van der Waals surface area (Å²) in [7, 11) is -4.67. The predicted octanol–water partition coefficient (Wildman–Crippen LogP) is 0.533. The molecule has 0 heterocycles. The lowest BCUT2D eigenvalue weighted by Gasteiger charge is -1.98. The van der Waals surface area contributed by atoms with Crippen LogP contribution in [-0.4, -0.2) is 42.5 Å². The Bertz CT molecular complexity index is 174. The average Bonchev–Trinajstić information content (AvgIpc) is 2.01. The quantitative estimate of drug-likeness (QED) is 0.454. The van der Waals surface area contributed by atoms with E-state index < -0.39 is 10.4 Å². The highest BCUT2D eigenvalue weighted by Crippen LogP contribution is 1.93. The first-order valence-electron chi connectivity index (χ1n) is 4.30. The molecule has 0 saturated carbocycles. The van der Waals surface area contributed by atoms with Crippen molar-refractivity contribution in [2.24, 2.45) is 0 Å². The predicted molar refractivity (Wildman–Crippen MR) is 51.6 cm³/mol. The molecule has 0 aromatic carbocycles. The molecule has 0 saturated heterocycles. The van der Waals surface area contributed by atoms with Gasteiger partial charge in [-0.15, -0.1) is 0 Å². The smallest absolute Gasteiger partial charge is 0.394 e. The van der Waals surface area contributed by atoms with E-state index in [1.165, 1.54) is 12.8 Å². The molecule has 0 aliphatic carbocycles. The molecule has 0 aliphatic rings. The van der Waals surface area contributed by atoms with Crippen LogP contribution in [0.5, 0.6) is 0 Å². The lowest BCUT2D eigenvalue weighted by molar-refractivity contribution is 0.0898. The Kier molecular flexibility index (Phi) is 12.6. The Hall–Kier alpha value is -0.210. The van der Waals surface area contributed by atoms with Crippen LogP contribution in [0.15, 0.2) is 0 Å². The van der Waals surface area contributed by atoms with Crippen molar-refractivity contribution in [1.29, 1.82) is 0 Å². The van der Waals surface area contributed by atoms with Crippen molar-refractivity contribution in [1.82, 2.24) is 0 Å². The zero-order valence-corrected chi connectivity index (χ0v) is 9.03. The molecular formula is C7H18O6S. The van der Waals surface area contributed by atoms with Crippen LogP contribution in [0.2, 0.25) is 0 Å². The van der Waals surface area contributed by atoms with Gasteiger partial charge < -0.3 is 9.84 Å². The lowest BCUT2D eigenvalue weighted by atomic mass is 10.3. The van der Waals surface area contributed by atoms with E-state index in [2.05, 4.69) is 6.92 Å². The van der Waals surface area contributed by atoms with Gasteiger partial charge in [-0.1, -0.05) is 19.8 Å². The summed E-state index contributed by atoms with van der Waals surface area (Å²) in [5, 5.41) is 8.30. The average molecular weight is 230 g/mol. The molecule has 7 heteroatoms. The summed E-state index contributed by atoms with van der Waals surface area (Å²) in [6, 6.07) is 0. The number of ether oxygens (including phenoxy) is 1. The molecule has 0 bridgehead atoms. The number of hydrogen-bond acceptors (Lipinski definition) is 4.